The van der Waals surface area contributed by atoms with Gasteiger partial charge in [0.2, 0.25) is 0 Å². The fourth-order valence-electron chi connectivity index (χ4n) is 3.96. The zero-order valence-corrected chi connectivity index (χ0v) is 17.9. The van der Waals surface area contributed by atoms with Gasteiger partial charge in [-0.15, -0.1) is 0 Å². The molecule has 0 unspecified atom stereocenters. The summed E-state index contributed by atoms with van der Waals surface area (Å²) in [4.78, 5) is 19.6. The zero-order valence-electron chi connectivity index (χ0n) is 17.9. The Morgan fingerprint density at radius 2 is 1.81 bits per heavy atom. The number of halogens is 2. The van der Waals surface area contributed by atoms with Crippen LogP contribution in [0.1, 0.15) is 27.2 Å². The molecule has 2 heterocycles. The van der Waals surface area contributed by atoms with Crippen LogP contribution in [0.2, 0.25) is 0 Å². The Morgan fingerprint density at radius 1 is 1.03 bits per heavy atom. The second-order valence-corrected chi connectivity index (χ2v) is 7.73. The van der Waals surface area contributed by atoms with Gasteiger partial charge in [0.25, 0.3) is 0 Å². The number of anilines is 1. The number of hydrogen-bond donors (Lipinski definition) is 2. The van der Waals surface area contributed by atoms with Crippen LogP contribution in [0.4, 0.5) is 14.6 Å². The Kier molecular flexibility index (Phi) is 5.61. The molecule has 4 aromatic rings. The van der Waals surface area contributed by atoms with E-state index in [1.54, 1.807) is 25.1 Å². The third kappa shape index (κ3) is 3.91. The van der Waals surface area contributed by atoms with Crippen LogP contribution in [0.25, 0.3) is 22.2 Å². The number of benzene rings is 2. The van der Waals surface area contributed by atoms with E-state index >= 15 is 0 Å². The number of fused-ring (bicyclic) bond motifs is 1. The van der Waals surface area contributed by atoms with Crippen LogP contribution >= 0.6 is 0 Å². The number of rotatable bonds is 6. The summed E-state index contributed by atoms with van der Waals surface area (Å²) < 4.78 is 30.6. The molecule has 0 radical (unpaired) electrons. The van der Waals surface area contributed by atoms with E-state index in [0.717, 1.165) is 22.7 Å². The molecule has 4 rings (SSSR count). The summed E-state index contributed by atoms with van der Waals surface area (Å²) in [5.74, 6) is -1.85. The first-order valence-electron chi connectivity index (χ1n) is 10.1. The number of nitrogens with one attached hydrogen (secondary N) is 1. The van der Waals surface area contributed by atoms with Crippen LogP contribution in [0.3, 0.4) is 0 Å². The van der Waals surface area contributed by atoms with E-state index in [-0.39, 0.29) is 11.4 Å². The van der Waals surface area contributed by atoms with Gasteiger partial charge in [-0.2, -0.15) is 0 Å². The fraction of sp³-hybridized carbons (Fsp3) is 0.208. The molecule has 0 saturated heterocycles. The highest BCUT2D eigenvalue weighted by Crippen LogP contribution is 2.26. The minimum atomic E-state index is -1.31. The molecular weight excluding hydrogens is 414 g/mol. The van der Waals surface area contributed by atoms with Gasteiger partial charge in [-0.3, -0.25) is 0 Å². The molecule has 2 aromatic heterocycles. The monoisotopic (exact) mass is 436 g/mol. The third-order valence-corrected chi connectivity index (χ3v) is 5.54. The predicted molar refractivity (Wildman–Crippen MR) is 119 cm³/mol. The highest BCUT2D eigenvalue weighted by Gasteiger charge is 2.16. The molecule has 0 atom stereocenters. The molecule has 164 valence electrons. The number of carboxylic acid groups (broad SMARTS) is 1. The number of aromatic carboxylic acids is 1. The van der Waals surface area contributed by atoms with Crippen molar-refractivity contribution in [1.29, 1.82) is 0 Å². The van der Waals surface area contributed by atoms with Crippen molar-refractivity contribution in [3.8, 4) is 11.3 Å². The van der Waals surface area contributed by atoms with Crippen molar-refractivity contribution in [1.82, 2.24) is 14.5 Å². The molecule has 6 nitrogen and oxygen atoms in total. The summed E-state index contributed by atoms with van der Waals surface area (Å²) >= 11 is 0. The summed E-state index contributed by atoms with van der Waals surface area (Å²) in [6, 6.07) is 9.64. The van der Waals surface area contributed by atoms with Crippen LogP contribution in [-0.2, 0) is 6.54 Å². The number of carboxylic acids is 1. The molecule has 0 aliphatic heterocycles. The van der Waals surface area contributed by atoms with Crippen LogP contribution in [0, 0.1) is 32.4 Å². The van der Waals surface area contributed by atoms with Crippen molar-refractivity contribution in [3.63, 3.8) is 0 Å². The molecule has 0 spiro atoms. The summed E-state index contributed by atoms with van der Waals surface area (Å²) in [6.45, 7) is 6.45. The van der Waals surface area contributed by atoms with Crippen molar-refractivity contribution in [2.24, 2.45) is 0 Å². The lowest BCUT2D eigenvalue weighted by atomic mass is 10.0. The zero-order chi connectivity index (χ0) is 23.0. The Labute approximate surface area is 183 Å². The second kappa shape index (κ2) is 8.37. The van der Waals surface area contributed by atoms with Gasteiger partial charge in [-0.1, -0.05) is 6.07 Å². The van der Waals surface area contributed by atoms with Gasteiger partial charge in [0, 0.05) is 35.8 Å². The molecule has 2 aromatic carbocycles. The van der Waals surface area contributed by atoms with E-state index in [9.17, 15) is 13.6 Å². The average molecular weight is 436 g/mol. The largest absolute Gasteiger partial charge is 0.478 e. The van der Waals surface area contributed by atoms with Crippen LogP contribution < -0.4 is 5.32 Å². The normalized spacial score (nSPS) is 11.2. The molecule has 8 heteroatoms. The first-order chi connectivity index (χ1) is 15.3. The van der Waals surface area contributed by atoms with Crippen molar-refractivity contribution >= 4 is 22.7 Å². The van der Waals surface area contributed by atoms with Crippen molar-refractivity contribution in [2.75, 3.05) is 11.9 Å². The van der Waals surface area contributed by atoms with Gasteiger partial charge >= 0.3 is 5.97 Å². The van der Waals surface area contributed by atoms with Crippen LogP contribution in [-0.4, -0.2) is 32.2 Å². The lowest BCUT2D eigenvalue weighted by Gasteiger charge is -2.12. The first-order valence-corrected chi connectivity index (χ1v) is 10.1. The molecule has 0 aliphatic carbocycles. The van der Waals surface area contributed by atoms with Gasteiger partial charge in [0.15, 0.2) is 0 Å². The van der Waals surface area contributed by atoms with Crippen molar-refractivity contribution in [2.45, 2.75) is 27.3 Å². The maximum atomic E-state index is 14.4. The maximum Gasteiger partial charge on any atom is 0.338 e. The summed E-state index contributed by atoms with van der Waals surface area (Å²) in [5, 5.41) is 13.2. The molecule has 2 N–H and O–H groups in total. The first kappa shape index (κ1) is 21.4. The minimum absolute atomic E-state index is 0.259. The maximum absolute atomic E-state index is 14.4. The predicted octanol–water partition coefficient (Wildman–Crippen LogP) is 5.11. The Morgan fingerprint density at radius 3 is 2.53 bits per heavy atom. The number of aryl methyl sites for hydroxylation is 3. The van der Waals surface area contributed by atoms with Gasteiger partial charge in [-0.05, 0) is 56.2 Å². The van der Waals surface area contributed by atoms with E-state index in [2.05, 4.69) is 15.3 Å². The van der Waals surface area contributed by atoms with E-state index in [1.807, 2.05) is 24.5 Å². The number of hydrogen-bond acceptors (Lipinski definition) is 4. The quantitative estimate of drug-likeness (QED) is 0.439. The summed E-state index contributed by atoms with van der Waals surface area (Å²) in [6.07, 6.45) is 1.36. The van der Waals surface area contributed by atoms with E-state index in [0.29, 0.717) is 41.2 Å². The highest BCUT2D eigenvalue weighted by atomic mass is 19.1. The molecule has 0 amide bonds. The van der Waals surface area contributed by atoms with E-state index < -0.39 is 11.8 Å². The van der Waals surface area contributed by atoms with E-state index in [1.165, 1.54) is 12.4 Å². The Balaban J connectivity index is 1.54. The Hall–Kier alpha value is -3.81. The standard InChI is InChI=1S/C24H22F2N4O2/c1-13-4-5-18(25)23-17(13)9-15(3)30(23)7-6-27-21-11-20(28-12-29-21)16-8-14(2)22(24(31)32)19(26)10-16/h4-5,8-12H,6-7H2,1-3H3,(H,31,32)(H,27,28,29). The second-order valence-electron chi connectivity index (χ2n) is 7.73. The highest BCUT2D eigenvalue weighted by molar-refractivity contribution is 5.90. The number of aromatic nitrogens is 3. The summed E-state index contributed by atoms with van der Waals surface area (Å²) in [7, 11) is 0. The number of nitrogens with zero attached hydrogens (tertiary/aromatic N) is 3. The molecule has 0 bridgehead atoms. The third-order valence-electron chi connectivity index (χ3n) is 5.54. The fourth-order valence-corrected chi connectivity index (χ4v) is 3.96. The molecule has 0 aliphatic rings. The SMILES string of the molecule is Cc1cc(-c2cc(NCCn3c(C)cc4c(C)ccc(F)c43)ncn2)cc(F)c1C(=O)O. The van der Waals surface area contributed by atoms with Gasteiger partial charge in [-0.25, -0.2) is 23.5 Å². The smallest absolute Gasteiger partial charge is 0.338 e. The molecular formula is C24H22F2N4O2. The van der Waals surface area contributed by atoms with Crippen LogP contribution in [0.15, 0.2) is 42.7 Å². The lowest BCUT2D eigenvalue weighted by Crippen LogP contribution is -2.13. The number of carbonyl (C=O) groups is 1. The van der Waals surface area contributed by atoms with Crippen molar-refractivity contribution < 1.29 is 18.7 Å². The van der Waals surface area contributed by atoms with Gasteiger partial charge < -0.3 is 15.0 Å². The van der Waals surface area contributed by atoms with Crippen LogP contribution in [0.5, 0.6) is 0 Å². The van der Waals surface area contributed by atoms with E-state index in [4.69, 9.17) is 5.11 Å². The van der Waals surface area contributed by atoms with Crippen molar-refractivity contribution in [3.05, 3.63) is 76.7 Å². The average Bonchev–Trinajstić information content (AvgIpc) is 3.08. The minimum Gasteiger partial charge on any atom is -0.478 e. The van der Waals surface area contributed by atoms with Gasteiger partial charge in [0.05, 0.1) is 16.8 Å². The molecule has 0 saturated carbocycles. The summed E-state index contributed by atoms with van der Waals surface area (Å²) in [5.41, 5.74) is 3.45. The van der Waals surface area contributed by atoms with Gasteiger partial charge in [0.1, 0.15) is 23.8 Å². The topological polar surface area (TPSA) is 80.0 Å². The lowest BCUT2D eigenvalue weighted by molar-refractivity contribution is 0.0691. The molecule has 0 fully saturated rings. The Bertz CT molecular complexity index is 1320. The molecule has 32 heavy (non-hydrogen) atoms.